The van der Waals surface area contributed by atoms with Gasteiger partial charge in [-0.15, -0.1) is 0 Å². The molecule has 3 rings (SSSR count). The van der Waals surface area contributed by atoms with Gasteiger partial charge in [-0.05, 0) is 24.1 Å². The first-order valence-corrected chi connectivity index (χ1v) is 7.52. The fraction of sp³-hybridized carbons (Fsp3) is 0.375. The van der Waals surface area contributed by atoms with E-state index < -0.39 is 0 Å². The lowest BCUT2D eigenvalue weighted by atomic mass is 10.1. The van der Waals surface area contributed by atoms with E-state index in [2.05, 4.69) is 10.5 Å². The van der Waals surface area contributed by atoms with Gasteiger partial charge in [0.15, 0.2) is 0 Å². The number of carbonyl (C=O) groups excluding carboxylic acids is 1. The summed E-state index contributed by atoms with van der Waals surface area (Å²) in [5, 5.41) is 0. The van der Waals surface area contributed by atoms with Gasteiger partial charge < -0.3 is 9.47 Å². The highest BCUT2D eigenvalue weighted by Gasteiger charge is 2.29. The number of rotatable bonds is 4. The van der Waals surface area contributed by atoms with Gasteiger partial charge in [-0.1, -0.05) is 12.1 Å². The number of urea groups is 1. The maximum Gasteiger partial charge on any atom is 0.341 e. The molecule has 1 N–H and O–H groups in total. The molecule has 2 aromatic rings. The molecule has 6 nitrogen and oxygen atoms in total. The third-order valence-corrected chi connectivity index (χ3v) is 4.01. The monoisotopic (exact) mass is 318 g/mol. The fourth-order valence-electron chi connectivity index (χ4n) is 2.75. The highest BCUT2D eigenvalue weighted by Crippen LogP contribution is 2.25. The number of aromatic nitrogens is 2. The van der Waals surface area contributed by atoms with Crippen molar-refractivity contribution in [2.45, 2.75) is 18.9 Å². The van der Waals surface area contributed by atoms with E-state index in [9.17, 15) is 9.18 Å². The lowest BCUT2D eigenvalue weighted by Crippen LogP contribution is -2.38. The molecule has 7 heteroatoms. The van der Waals surface area contributed by atoms with E-state index in [1.807, 2.05) is 17.8 Å². The second-order valence-corrected chi connectivity index (χ2v) is 5.65. The van der Waals surface area contributed by atoms with Gasteiger partial charge >= 0.3 is 6.03 Å². The zero-order chi connectivity index (χ0) is 16.2. The minimum atomic E-state index is -0.296. The Morgan fingerprint density at radius 1 is 1.43 bits per heavy atom. The van der Waals surface area contributed by atoms with Crippen molar-refractivity contribution in [1.29, 1.82) is 0 Å². The summed E-state index contributed by atoms with van der Waals surface area (Å²) in [6, 6.07) is 5.70. The zero-order valence-electron chi connectivity index (χ0n) is 12.9. The average molecular weight is 318 g/mol. The molecule has 0 aliphatic carbocycles. The Labute approximate surface area is 133 Å². The van der Waals surface area contributed by atoms with E-state index in [1.165, 1.54) is 12.1 Å². The van der Waals surface area contributed by atoms with Crippen LogP contribution in [0.15, 0.2) is 36.7 Å². The number of nitrogens with one attached hydrogen (secondary N) is 1. The van der Waals surface area contributed by atoms with Crippen LogP contribution in [0.2, 0.25) is 0 Å². The van der Waals surface area contributed by atoms with E-state index >= 15 is 0 Å². The Morgan fingerprint density at radius 2 is 2.22 bits per heavy atom. The summed E-state index contributed by atoms with van der Waals surface area (Å²) in [5.41, 5.74) is 3.22. The molecule has 1 atom stereocenters. The molecule has 1 saturated heterocycles. The van der Waals surface area contributed by atoms with Gasteiger partial charge in [-0.25, -0.2) is 19.6 Å². The van der Waals surface area contributed by atoms with Crippen molar-refractivity contribution in [3.63, 3.8) is 0 Å². The van der Waals surface area contributed by atoms with Crippen molar-refractivity contribution in [3.05, 3.63) is 53.9 Å². The largest absolute Gasteiger partial charge is 0.341 e. The predicted molar refractivity (Wildman–Crippen MR) is 81.9 cm³/mol. The lowest BCUT2D eigenvalue weighted by Gasteiger charge is -2.17. The molecule has 2 heterocycles. The maximum absolute atomic E-state index is 12.8. The minimum absolute atomic E-state index is 0.197. The second kappa shape index (κ2) is 6.78. The van der Waals surface area contributed by atoms with Gasteiger partial charge in [0, 0.05) is 38.4 Å². The SMILES string of the molecule is Cn1ccnc1C1CCN(C(=O)NOCc2ccc(F)cc2)C1. The number of hydrogen-bond acceptors (Lipinski definition) is 3. The smallest absolute Gasteiger partial charge is 0.338 e. The van der Waals surface area contributed by atoms with Crippen LogP contribution in [0.1, 0.15) is 23.7 Å². The molecule has 23 heavy (non-hydrogen) atoms. The Balaban J connectivity index is 1.46. The number of aryl methyl sites for hydroxylation is 1. The Bertz CT molecular complexity index is 671. The number of amides is 2. The summed E-state index contributed by atoms with van der Waals surface area (Å²) in [6.07, 6.45) is 4.56. The number of nitrogens with zero attached hydrogens (tertiary/aromatic N) is 3. The van der Waals surface area contributed by atoms with E-state index in [4.69, 9.17) is 4.84 Å². The Kier molecular flexibility index (Phi) is 4.57. The summed E-state index contributed by atoms with van der Waals surface area (Å²) in [4.78, 5) is 23.3. The molecule has 1 aliphatic rings. The van der Waals surface area contributed by atoms with Crippen LogP contribution in [0.3, 0.4) is 0 Å². The van der Waals surface area contributed by atoms with Crippen molar-refractivity contribution < 1.29 is 14.0 Å². The molecule has 1 aromatic carbocycles. The number of likely N-dealkylation sites (tertiary alicyclic amines) is 1. The van der Waals surface area contributed by atoms with Crippen molar-refractivity contribution in [2.24, 2.45) is 7.05 Å². The van der Waals surface area contributed by atoms with E-state index in [-0.39, 0.29) is 24.4 Å². The van der Waals surface area contributed by atoms with Crippen LogP contribution in [-0.4, -0.2) is 33.6 Å². The summed E-state index contributed by atoms with van der Waals surface area (Å²) >= 11 is 0. The fourth-order valence-corrected chi connectivity index (χ4v) is 2.75. The molecule has 0 radical (unpaired) electrons. The van der Waals surface area contributed by atoms with Gasteiger partial charge in [0.2, 0.25) is 0 Å². The Hall–Kier alpha value is -2.41. The van der Waals surface area contributed by atoms with E-state index in [1.54, 1.807) is 23.2 Å². The van der Waals surface area contributed by atoms with Crippen LogP contribution in [0, 0.1) is 5.82 Å². The Morgan fingerprint density at radius 3 is 2.91 bits per heavy atom. The van der Waals surface area contributed by atoms with Crippen LogP contribution >= 0.6 is 0 Å². The van der Waals surface area contributed by atoms with E-state index in [0.29, 0.717) is 13.1 Å². The number of hydrogen-bond donors (Lipinski definition) is 1. The molecule has 1 fully saturated rings. The van der Waals surface area contributed by atoms with E-state index in [0.717, 1.165) is 17.8 Å². The van der Waals surface area contributed by atoms with Gasteiger partial charge in [0.1, 0.15) is 11.6 Å². The molecule has 1 aliphatic heterocycles. The number of hydroxylamine groups is 1. The van der Waals surface area contributed by atoms with Crippen LogP contribution < -0.4 is 5.48 Å². The topological polar surface area (TPSA) is 59.4 Å². The molecule has 0 bridgehead atoms. The predicted octanol–water partition coefficient (Wildman–Crippen LogP) is 2.19. The first-order valence-electron chi connectivity index (χ1n) is 7.52. The summed E-state index contributed by atoms with van der Waals surface area (Å²) in [6.45, 7) is 1.49. The average Bonchev–Trinajstić information content (AvgIpc) is 3.17. The normalized spacial score (nSPS) is 17.5. The quantitative estimate of drug-likeness (QED) is 0.879. The third kappa shape index (κ3) is 3.68. The number of benzene rings is 1. The number of carbonyl (C=O) groups is 1. The van der Waals surface area contributed by atoms with Crippen molar-refractivity contribution in [1.82, 2.24) is 19.9 Å². The third-order valence-electron chi connectivity index (χ3n) is 4.01. The van der Waals surface area contributed by atoms with Gasteiger partial charge in [0.25, 0.3) is 0 Å². The summed E-state index contributed by atoms with van der Waals surface area (Å²) in [7, 11) is 1.96. The molecule has 122 valence electrons. The molecular weight excluding hydrogens is 299 g/mol. The molecule has 0 saturated carbocycles. The van der Waals surface area contributed by atoms with Crippen LogP contribution in [-0.2, 0) is 18.5 Å². The van der Waals surface area contributed by atoms with Gasteiger partial charge in [-0.3, -0.25) is 4.84 Å². The highest BCUT2D eigenvalue weighted by atomic mass is 19.1. The number of halogens is 1. The van der Waals surface area contributed by atoms with Crippen LogP contribution in [0.4, 0.5) is 9.18 Å². The van der Waals surface area contributed by atoms with Gasteiger partial charge in [0.05, 0.1) is 6.61 Å². The molecule has 1 unspecified atom stereocenters. The van der Waals surface area contributed by atoms with Gasteiger partial charge in [-0.2, -0.15) is 0 Å². The molecule has 1 aromatic heterocycles. The number of imidazole rings is 1. The summed E-state index contributed by atoms with van der Waals surface area (Å²) < 4.78 is 14.8. The standard InChI is InChI=1S/C16H19FN4O2/c1-20-9-7-18-15(20)13-6-8-21(10-13)16(22)19-23-11-12-2-4-14(17)5-3-12/h2-5,7,9,13H,6,8,10-11H2,1H3,(H,19,22). The van der Waals surface area contributed by atoms with Crippen molar-refractivity contribution >= 4 is 6.03 Å². The second-order valence-electron chi connectivity index (χ2n) is 5.65. The first-order chi connectivity index (χ1) is 11.1. The molecular formula is C16H19FN4O2. The van der Waals surface area contributed by atoms with Crippen molar-refractivity contribution in [2.75, 3.05) is 13.1 Å². The first kappa shape index (κ1) is 15.5. The molecule has 0 spiro atoms. The maximum atomic E-state index is 12.8. The molecule has 2 amide bonds. The lowest BCUT2D eigenvalue weighted by molar-refractivity contribution is 0.0385. The van der Waals surface area contributed by atoms with Crippen molar-refractivity contribution in [3.8, 4) is 0 Å². The summed E-state index contributed by atoms with van der Waals surface area (Å²) in [5.74, 6) is 0.945. The highest BCUT2D eigenvalue weighted by molar-refractivity contribution is 5.73. The van der Waals surface area contributed by atoms with Crippen LogP contribution in [0.25, 0.3) is 0 Å². The zero-order valence-corrected chi connectivity index (χ0v) is 12.9. The van der Waals surface area contributed by atoms with Crippen LogP contribution in [0.5, 0.6) is 0 Å². The minimum Gasteiger partial charge on any atom is -0.338 e.